The number of rotatable bonds is 4. The molecular formula is C13H18Cl2N2. The molecule has 1 saturated heterocycles. The van der Waals surface area contributed by atoms with Crippen LogP contribution in [0, 0.1) is 0 Å². The van der Waals surface area contributed by atoms with Crippen molar-refractivity contribution in [3.63, 3.8) is 0 Å². The predicted octanol–water partition coefficient (Wildman–Crippen LogP) is 2.70. The minimum absolute atomic E-state index is 0.727. The van der Waals surface area contributed by atoms with Crippen LogP contribution in [0.1, 0.15) is 5.56 Å². The summed E-state index contributed by atoms with van der Waals surface area (Å²) in [5.74, 6) is 0.727. The third kappa shape index (κ3) is 3.85. The van der Waals surface area contributed by atoms with Crippen LogP contribution in [0.3, 0.4) is 0 Å². The van der Waals surface area contributed by atoms with Gasteiger partial charge in [0.1, 0.15) is 0 Å². The average molecular weight is 273 g/mol. The Balaban J connectivity index is 1.84. The van der Waals surface area contributed by atoms with Crippen molar-refractivity contribution >= 4 is 23.2 Å². The second kappa shape index (κ2) is 6.60. The summed E-state index contributed by atoms with van der Waals surface area (Å²) in [6, 6.07) is 8.09. The van der Waals surface area contributed by atoms with E-state index in [0.717, 1.165) is 50.2 Å². The summed E-state index contributed by atoms with van der Waals surface area (Å²) < 4.78 is 0. The van der Waals surface area contributed by atoms with Gasteiger partial charge in [0, 0.05) is 50.2 Å². The molecule has 1 aliphatic rings. The summed E-state index contributed by atoms with van der Waals surface area (Å²) in [6.07, 6.45) is 0. The Labute approximate surface area is 113 Å². The molecule has 0 radical (unpaired) electrons. The maximum atomic E-state index is 6.17. The largest absolute Gasteiger partial charge is 0.300 e. The van der Waals surface area contributed by atoms with E-state index in [4.69, 9.17) is 23.2 Å². The molecule has 0 N–H and O–H groups in total. The van der Waals surface area contributed by atoms with Gasteiger partial charge in [0.2, 0.25) is 0 Å². The van der Waals surface area contributed by atoms with Gasteiger partial charge in [0.15, 0.2) is 0 Å². The van der Waals surface area contributed by atoms with Crippen molar-refractivity contribution in [2.75, 3.05) is 38.6 Å². The molecular weight excluding hydrogens is 255 g/mol. The molecule has 1 aliphatic heterocycles. The molecule has 1 aromatic rings. The number of benzene rings is 1. The lowest BCUT2D eigenvalue weighted by Gasteiger charge is -2.34. The summed E-state index contributed by atoms with van der Waals surface area (Å²) in [6.45, 7) is 6.37. The number of alkyl halides is 1. The lowest BCUT2D eigenvalue weighted by atomic mass is 10.2. The standard InChI is InChI=1S/C13H18Cl2N2/c14-5-6-16-7-9-17(10-8-16)11-12-3-1-2-4-13(12)15/h1-4H,5-11H2. The van der Waals surface area contributed by atoms with E-state index in [9.17, 15) is 0 Å². The van der Waals surface area contributed by atoms with Crippen molar-refractivity contribution in [3.05, 3.63) is 34.9 Å². The Morgan fingerprint density at radius 3 is 2.29 bits per heavy atom. The molecule has 0 unspecified atom stereocenters. The van der Waals surface area contributed by atoms with Crippen LogP contribution < -0.4 is 0 Å². The van der Waals surface area contributed by atoms with E-state index in [1.165, 1.54) is 5.56 Å². The maximum Gasteiger partial charge on any atom is 0.0451 e. The molecule has 1 aromatic carbocycles. The number of piperazine rings is 1. The van der Waals surface area contributed by atoms with Crippen LogP contribution in [-0.2, 0) is 6.54 Å². The van der Waals surface area contributed by atoms with E-state index in [0.29, 0.717) is 0 Å². The fourth-order valence-electron chi connectivity index (χ4n) is 2.16. The molecule has 0 bridgehead atoms. The van der Waals surface area contributed by atoms with Crippen LogP contribution in [0.25, 0.3) is 0 Å². The van der Waals surface area contributed by atoms with Crippen molar-refractivity contribution in [2.24, 2.45) is 0 Å². The average Bonchev–Trinajstić information content (AvgIpc) is 2.35. The van der Waals surface area contributed by atoms with E-state index in [2.05, 4.69) is 15.9 Å². The Morgan fingerprint density at radius 2 is 1.65 bits per heavy atom. The highest BCUT2D eigenvalue weighted by Gasteiger charge is 2.16. The zero-order valence-corrected chi connectivity index (χ0v) is 11.4. The molecule has 2 nitrogen and oxygen atoms in total. The van der Waals surface area contributed by atoms with Gasteiger partial charge < -0.3 is 0 Å². The van der Waals surface area contributed by atoms with Crippen LogP contribution in [0.15, 0.2) is 24.3 Å². The first-order valence-electron chi connectivity index (χ1n) is 6.03. The molecule has 0 aromatic heterocycles. The highest BCUT2D eigenvalue weighted by Crippen LogP contribution is 2.17. The molecule has 94 valence electrons. The van der Waals surface area contributed by atoms with E-state index in [-0.39, 0.29) is 0 Å². The van der Waals surface area contributed by atoms with Gasteiger partial charge in [-0.05, 0) is 11.6 Å². The van der Waals surface area contributed by atoms with Crippen LogP contribution in [0.4, 0.5) is 0 Å². The van der Waals surface area contributed by atoms with Crippen LogP contribution >= 0.6 is 23.2 Å². The zero-order chi connectivity index (χ0) is 12.1. The molecule has 0 spiro atoms. The molecule has 4 heteroatoms. The quantitative estimate of drug-likeness (QED) is 0.778. The minimum atomic E-state index is 0.727. The normalized spacial score (nSPS) is 18.5. The number of hydrogen-bond acceptors (Lipinski definition) is 2. The molecule has 0 atom stereocenters. The summed E-state index contributed by atoms with van der Waals surface area (Å²) in [5.41, 5.74) is 1.22. The lowest BCUT2D eigenvalue weighted by molar-refractivity contribution is 0.132. The smallest absolute Gasteiger partial charge is 0.0451 e. The third-order valence-electron chi connectivity index (χ3n) is 3.22. The molecule has 1 fully saturated rings. The molecule has 0 amide bonds. The monoisotopic (exact) mass is 272 g/mol. The molecule has 0 saturated carbocycles. The Kier molecular flexibility index (Phi) is 5.11. The van der Waals surface area contributed by atoms with Gasteiger partial charge >= 0.3 is 0 Å². The third-order valence-corrected chi connectivity index (χ3v) is 3.76. The highest BCUT2D eigenvalue weighted by molar-refractivity contribution is 6.31. The fourth-order valence-corrected chi connectivity index (χ4v) is 2.59. The highest BCUT2D eigenvalue weighted by atomic mass is 35.5. The van der Waals surface area contributed by atoms with E-state index >= 15 is 0 Å². The summed E-state index contributed by atoms with van der Waals surface area (Å²) in [4.78, 5) is 4.86. The fraction of sp³-hybridized carbons (Fsp3) is 0.538. The molecule has 17 heavy (non-hydrogen) atoms. The van der Waals surface area contributed by atoms with Gasteiger partial charge in [-0.25, -0.2) is 0 Å². The molecule has 0 aliphatic carbocycles. The summed E-state index contributed by atoms with van der Waals surface area (Å²) in [7, 11) is 0. The Bertz CT molecular complexity index is 349. The number of halogens is 2. The van der Waals surface area contributed by atoms with E-state index in [1.54, 1.807) is 0 Å². The van der Waals surface area contributed by atoms with Crippen molar-refractivity contribution < 1.29 is 0 Å². The predicted molar refractivity (Wildman–Crippen MR) is 73.9 cm³/mol. The number of nitrogens with zero attached hydrogens (tertiary/aromatic N) is 2. The second-order valence-corrected chi connectivity index (χ2v) is 5.18. The lowest BCUT2D eigenvalue weighted by Crippen LogP contribution is -2.46. The second-order valence-electron chi connectivity index (χ2n) is 4.40. The van der Waals surface area contributed by atoms with Gasteiger partial charge in [-0.3, -0.25) is 9.80 Å². The first kappa shape index (κ1) is 13.2. The van der Waals surface area contributed by atoms with Gasteiger partial charge in [-0.15, -0.1) is 11.6 Å². The maximum absolute atomic E-state index is 6.17. The SMILES string of the molecule is ClCCN1CCN(Cc2ccccc2Cl)CC1. The van der Waals surface area contributed by atoms with Gasteiger partial charge in [-0.2, -0.15) is 0 Å². The van der Waals surface area contributed by atoms with Gasteiger partial charge in [0.25, 0.3) is 0 Å². The molecule has 1 heterocycles. The van der Waals surface area contributed by atoms with Crippen molar-refractivity contribution in [1.29, 1.82) is 0 Å². The van der Waals surface area contributed by atoms with Crippen LogP contribution in [0.2, 0.25) is 5.02 Å². The Hall–Kier alpha value is -0.280. The number of hydrogen-bond donors (Lipinski definition) is 0. The van der Waals surface area contributed by atoms with E-state index in [1.807, 2.05) is 18.2 Å². The molecule has 2 rings (SSSR count). The van der Waals surface area contributed by atoms with Crippen LogP contribution in [-0.4, -0.2) is 48.4 Å². The van der Waals surface area contributed by atoms with Crippen molar-refractivity contribution in [2.45, 2.75) is 6.54 Å². The van der Waals surface area contributed by atoms with E-state index < -0.39 is 0 Å². The van der Waals surface area contributed by atoms with Crippen molar-refractivity contribution in [1.82, 2.24) is 9.80 Å². The van der Waals surface area contributed by atoms with Gasteiger partial charge in [-0.1, -0.05) is 29.8 Å². The topological polar surface area (TPSA) is 6.48 Å². The summed E-state index contributed by atoms with van der Waals surface area (Å²) in [5, 5.41) is 0.871. The van der Waals surface area contributed by atoms with Crippen molar-refractivity contribution in [3.8, 4) is 0 Å². The van der Waals surface area contributed by atoms with Crippen LogP contribution in [0.5, 0.6) is 0 Å². The zero-order valence-electron chi connectivity index (χ0n) is 9.91. The first-order valence-corrected chi connectivity index (χ1v) is 6.95. The van der Waals surface area contributed by atoms with Gasteiger partial charge in [0.05, 0.1) is 0 Å². The Morgan fingerprint density at radius 1 is 1.00 bits per heavy atom. The summed E-state index contributed by atoms with van der Waals surface area (Å²) >= 11 is 11.9. The first-order chi connectivity index (χ1) is 8.29. The minimum Gasteiger partial charge on any atom is -0.300 e.